The summed E-state index contributed by atoms with van der Waals surface area (Å²) in [4.78, 5) is 0. The minimum absolute atomic E-state index is 0.671. The summed E-state index contributed by atoms with van der Waals surface area (Å²) in [5.74, 6) is 0. The maximum atomic E-state index is 6.13. The molecule has 0 unspecified atom stereocenters. The number of benzene rings is 2. The minimum Gasteiger partial charge on any atom is -0.391 e. The normalized spacial score (nSPS) is 11.4. The molecule has 0 N–H and O–H groups in total. The Morgan fingerprint density at radius 2 is 1.48 bits per heavy atom. The zero-order valence-corrected chi connectivity index (χ0v) is 15.3. The maximum absolute atomic E-state index is 6.13. The van der Waals surface area contributed by atoms with Crippen LogP contribution >= 0.6 is 0 Å². The molecule has 2 aromatic rings. The molecule has 2 rings (SSSR count). The van der Waals surface area contributed by atoms with Gasteiger partial charge in [0, 0.05) is 13.2 Å². The average molecular weight is 327 g/mol. The molecule has 0 radical (unpaired) electrons. The molecular formula is C20H26O2Si. The summed E-state index contributed by atoms with van der Waals surface area (Å²) in [6.07, 6.45) is 0. The lowest BCUT2D eigenvalue weighted by Gasteiger charge is -2.29. The smallest absolute Gasteiger partial charge is 0.372 e. The van der Waals surface area contributed by atoms with Crippen molar-refractivity contribution in [2.45, 2.75) is 26.8 Å². The van der Waals surface area contributed by atoms with Gasteiger partial charge in [0.15, 0.2) is 0 Å². The molecule has 2 aromatic carbocycles. The maximum Gasteiger partial charge on any atom is 0.372 e. The molecule has 0 aliphatic rings. The molecule has 0 fully saturated rings. The van der Waals surface area contributed by atoms with Crippen LogP contribution in [0.15, 0.2) is 61.2 Å². The third kappa shape index (κ3) is 3.99. The van der Waals surface area contributed by atoms with Crippen LogP contribution in [-0.4, -0.2) is 21.8 Å². The van der Waals surface area contributed by atoms with Crippen molar-refractivity contribution in [3.05, 3.63) is 72.3 Å². The Kier molecular flexibility index (Phi) is 6.34. The van der Waals surface area contributed by atoms with Gasteiger partial charge in [-0.15, -0.1) is 0 Å². The van der Waals surface area contributed by atoms with E-state index in [4.69, 9.17) is 8.85 Å². The second kappa shape index (κ2) is 8.25. The van der Waals surface area contributed by atoms with Crippen molar-refractivity contribution in [2.75, 3.05) is 13.2 Å². The van der Waals surface area contributed by atoms with Gasteiger partial charge in [-0.2, -0.15) is 0 Å². The summed E-state index contributed by atoms with van der Waals surface area (Å²) in [7, 11) is -2.36. The van der Waals surface area contributed by atoms with Crippen LogP contribution in [0.4, 0.5) is 0 Å². The highest BCUT2D eigenvalue weighted by Crippen LogP contribution is 2.22. The first kappa shape index (κ1) is 17.7. The van der Waals surface area contributed by atoms with E-state index in [0.717, 1.165) is 22.7 Å². The van der Waals surface area contributed by atoms with Crippen molar-refractivity contribution >= 4 is 19.3 Å². The van der Waals surface area contributed by atoms with Crippen molar-refractivity contribution in [1.82, 2.24) is 0 Å². The molecule has 0 saturated carbocycles. The molecule has 0 aliphatic carbocycles. The molecule has 122 valence electrons. The van der Waals surface area contributed by atoms with Gasteiger partial charge in [0.05, 0.1) is 0 Å². The van der Waals surface area contributed by atoms with Gasteiger partial charge in [-0.1, -0.05) is 68.1 Å². The van der Waals surface area contributed by atoms with Crippen LogP contribution in [-0.2, 0) is 8.85 Å². The Morgan fingerprint density at radius 1 is 0.870 bits per heavy atom. The zero-order chi connectivity index (χ0) is 16.7. The van der Waals surface area contributed by atoms with Gasteiger partial charge in [0.25, 0.3) is 0 Å². The van der Waals surface area contributed by atoms with E-state index in [9.17, 15) is 0 Å². The molecule has 0 atom stereocenters. The quantitative estimate of drug-likeness (QED) is 0.665. The van der Waals surface area contributed by atoms with E-state index in [2.05, 4.69) is 49.9 Å². The fraction of sp³-hybridized carbons (Fsp3) is 0.300. The fourth-order valence-corrected chi connectivity index (χ4v) is 5.72. The van der Waals surface area contributed by atoms with Gasteiger partial charge in [-0.05, 0) is 41.8 Å². The molecule has 0 spiro atoms. The van der Waals surface area contributed by atoms with Gasteiger partial charge in [0.1, 0.15) is 0 Å². The fourth-order valence-electron chi connectivity index (χ4n) is 2.83. The average Bonchev–Trinajstić information content (AvgIpc) is 2.61. The van der Waals surface area contributed by atoms with Crippen LogP contribution in [0.1, 0.15) is 31.9 Å². The molecule has 23 heavy (non-hydrogen) atoms. The second-order valence-electron chi connectivity index (χ2n) is 5.40. The standard InChI is InChI=1S/C20H26O2Si/c1-5-21-23(7-3,22-6-2)20-15-11-14-19(16-20)17(4)18-12-9-8-10-13-18/h8-16H,4-7H2,1-3H3. The van der Waals surface area contributed by atoms with E-state index < -0.39 is 8.56 Å². The number of hydrogen-bond donors (Lipinski definition) is 0. The molecule has 0 aromatic heterocycles. The molecule has 0 bridgehead atoms. The third-order valence-electron chi connectivity index (χ3n) is 3.99. The van der Waals surface area contributed by atoms with Crippen molar-refractivity contribution in [3.63, 3.8) is 0 Å². The first-order valence-electron chi connectivity index (χ1n) is 8.30. The first-order chi connectivity index (χ1) is 11.2. The van der Waals surface area contributed by atoms with Crippen molar-refractivity contribution in [1.29, 1.82) is 0 Å². The lowest BCUT2D eigenvalue weighted by atomic mass is 10.00. The predicted molar refractivity (Wildman–Crippen MR) is 100 cm³/mol. The summed E-state index contributed by atoms with van der Waals surface area (Å²) in [5.41, 5.74) is 3.29. The Labute approximate surface area is 141 Å². The van der Waals surface area contributed by atoms with Crippen LogP contribution in [0, 0.1) is 0 Å². The Morgan fingerprint density at radius 3 is 2.04 bits per heavy atom. The Bertz CT molecular complexity index is 631. The van der Waals surface area contributed by atoms with Gasteiger partial charge in [-0.25, -0.2) is 0 Å². The van der Waals surface area contributed by atoms with E-state index in [-0.39, 0.29) is 0 Å². The van der Waals surface area contributed by atoms with Crippen molar-refractivity contribution < 1.29 is 8.85 Å². The predicted octanol–water partition coefficient (Wildman–Crippen LogP) is 4.49. The summed E-state index contributed by atoms with van der Waals surface area (Å²) in [5, 5.41) is 1.18. The highest BCUT2D eigenvalue weighted by molar-refractivity contribution is 6.81. The number of hydrogen-bond acceptors (Lipinski definition) is 2. The summed E-state index contributed by atoms with van der Waals surface area (Å²) < 4.78 is 12.3. The van der Waals surface area contributed by atoms with E-state index in [1.807, 2.05) is 32.0 Å². The summed E-state index contributed by atoms with van der Waals surface area (Å²) >= 11 is 0. The molecule has 0 amide bonds. The van der Waals surface area contributed by atoms with Gasteiger partial charge >= 0.3 is 8.56 Å². The lowest BCUT2D eigenvalue weighted by Crippen LogP contribution is -2.53. The Balaban J connectivity index is 2.40. The zero-order valence-electron chi connectivity index (χ0n) is 14.3. The van der Waals surface area contributed by atoms with Crippen LogP contribution in [0.3, 0.4) is 0 Å². The van der Waals surface area contributed by atoms with Crippen LogP contribution in [0.2, 0.25) is 6.04 Å². The second-order valence-corrected chi connectivity index (χ2v) is 8.77. The molecule has 0 aliphatic heterocycles. The monoisotopic (exact) mass is 326 g/mol. The highest BCUT2D eigenvalue weighted by atomic mass is 28.4. The molecule has 3 heteroatoms. The van der Waals surface area contributed by atoms with Gasteiger partial charge < -0.3 is 8.85 Å². The van der Waals surface area contributed by atoms with Crippen molar-refractivity contribution in [3.8, 4) is 0 Å². The topological polar surface area (TPSA) is 18.5 Å². The van der Waals surface area contributed by atoms with E-state index in [1.165, 1.54) is 5.19 Å². The van der Waals surface area contributed by atoms with Crippen LogP contribution in [0.5, 0.6) is 0 Å². The lowest BCUT2D eigenvalue weighted by molar-refractivity contribution is 0.197. The van der Waals surface area contributed by atoms with Crippen LogP contribution in [0.25, 0.3) is 5.57 Å². The summed E-state index contributed by atoms with van der Waals surface area (Å²) in [6, 6.07) is 19.7. The Hall–Kier alpha value is -1.68. The van der Waals surface area contributed by atoms with Gasteiger partial charge in [0.2, 0.25) is 0 Å². The number of rotatable bonds is 8. The first-order valence-corrected chi connectivity index (χ1v) is 10.3. The van der Waals surface area contributed by atoms with Crippen LogP contribution < -0.4 is 5.19 Å². The van der Waals surface area contributed by atoms with E-state index in [1.54, 1.807) is 0 Å². The van der Waals surface area contributed by atoms with E-state index >= 15 is 0 Å². The summed E-state index contributed by atoms with van der Waals surface area (Å²) in [6.45, 7) is 11.8. The molecule has 2 nitrogen and oxygen atoms in total. The SMILES string of the molecule is C=C(c1ccccc1)c1cccc([Si](CC)(OCC)OCC)c1. The third-order valence-corrected chi connectivity index (χ3v) is 7.63. The van der Waals surface area contributed by atoms with E-state index in [0.29, 0.717) is 13.2 Å². The highest BCUT2D eigenvalue weighted by Gasteiger charge is 2.37. The molecule has 0 saturated heterocycles. The molecule has 0 heterocycles. The molecular weight excluding hydrogens is 300 g/mol. The van der Waals surface area contributed by atoms with Gasteiger partial charge in [-0.3, -0.25) is 0 Å². The minimum atomic E-state index is -2.36. The van der Waals surface area contributed by atoms with Crippen molar-refractivity contribution in [2.24, 2.45) is 0 Å². The largest absolute Gasteiger partial charge is 0.391 e.